The van der Waals surface area contributed by atoms with E-state index in [1.165, 1.54) is 10.6 Å². The molecule has 0 aromatic heterocycles. The van der Waals surface area contributed by atoms with Crippen molar-refractivity contribution in [2.24, 2.45) is 0 Å². The van der Waals surface area contributed by atoms with Gasteiger partial charge in [-0.3, -0.25) is 4.79 Å². The van der Waals surface area contributed by atoms with Crippen LogP contribution < -0.4 is 5.32 Å². The summed E-state index contributed by atoms with van der Waals surface area (Å²) in [7, 11) is 0.487. The number of sulfonamides is 1. The second-order valence-corrected chi connectivity index (χ2v) is 8.13. The summed E-state index contributed by atoms with van der Waals surface area (Å²) in [5, 5.41) is 2.74. The summed E-state index contributed by atoms with van der Waals surface area (Å²) < 4.78 is 25.6. The zero-order valence-electron chi connectivity index (χ0n) is 13.0. The standard InChI is InChI=1S/C14H22BrN3O3S/c1-17(2)9-10-18(22(3,20)21)8-7-16-14(19)12-5-4-6-13(15)11-12/h4-6,11H,7-10H2,1-3H3,(H,16,19). The van der Waals surface area contributed by atoms with Crippen LogP contribution in [0.3, 0.4) is 0 Å². The number of rotatable bonds is 8. The second-order valence-electron chi connectivity index (χ2n) is 5.23. The van der Waals surface area contributed by atoms with Crippen LogP contribution in [-0.4, -0.2) is 70.1 Å². The molecule has 1 amide bonds. The SMILES string of the molecule is CN(C)CCN(CCNC(=O)c1cccc(Br)c1)S(C)(=O)=O. The second kappa shape index (κ2) is 8.61. The van der Waals surface area contributed by atoms with Crippen molar-refractivity contribution in [3.8, 4) is 0 Å². The van der Waals surface area contributed by atoms with Crippen molar-refractivity contribution < 1.29 is 13.2 Å². The highest BCUT2D eigenvalue weighted by Crippen LogP contribution is 2.11. The van der Waals surface area contributed by atoms with Crippen LogP contribution in [0.2, 0.25) is 0 Å². The van der Waals surface area contributed by atoms with Gasteiger partial charge in [0, 0.05) is 36.2 Å². The maximum absolute atomic E-state index is 12.0. The number of benzene rings is 1. The number of likely N-dealkylation sites (N-methyl/N-ethyl adjacent to an activating group) is 1. The number of halogens is 1. The van der Waals surface area contributed by atoms with Gasteiger partial charge in [0.1, 0.15) is 0 Å². The average Bonchev–Trinajstić information content (AvgIpc) is 2.40. The number of hydrogen-bond acceptors (Lipinski definition) is 4. The van der Waals surface area contributed by atoms with Crippen molar-refractivity contribution in [3.63, 3.8) is 0 Å². The van der Waals surface area contributed by atoms with E-state index in [9.17, 15) is 13.2 Å². The van der Waals surface area contributed by atoms with Gasteiger partial charge in [0.05, 0.1) is 6.26 Å². The Kier molecular flexibility index (Phi) is 7.47. The molecule has 1 N–H and O–H groups in total. The van der Waals surface area contributed by atoms with E-state index in [0.29, 0.717) is 18.7 Å². The quantitative estimate of drug-likeness (QED) is 0.717. The smallest absolute Gasteiger partial charge is 0.251 e. The minimum Gasteiger partial charge on any atom is -0.351 e. The molecule has 0 aliphatic carbocycles. The van der Waals surface area contributed by atoms with Crippen LogP contribution in [0, 0.1) is 0 Å². The van der Waals surface area contributed by atoms with Gasteiger partial charge in [-0.15, -0.1) is 0 Å². The first-order chi connectivity index (χ1) is 10.2. The van der Waals surface area contributed by atoms with Gasteiger partial charge in [0.25, 0.3) is 5.91 Å². The molecule has 124 valence electrons. The fourth-order valence-corrected chi connectivity index (χ4v) is 3.02. The number of nitrogens with zero attached hydrogens (tertiary/aromatic N) is 2. The van der Waals surface area contributed by atoms with Crippen LogP contribution in [0.4, 0.5) is 0 Å². The lowest BCUT2D eigenvalue weighted by Crippen LogP contribution is -2.41. The van der Waals surface area contributed by atoms with E-state index in [2.05, 4.69) is 21.2 Å². The van der Waals surface area contributed by atoms with Crippen molar-refractivity contribution in [1.29, 1.82) is 0 Å². The predicted octanol–water partition coefficient (Wildman–Crippen LogP) is 1.00. The highest BCUT2D eigenvalue weighted by molar-refractivity contribution is 9.10. The van der Waals surface area contributed by atoms with Crippen LogP contribution in [0.1, 0.15) is 10.4 Å². The van der Waals surface area contributed by atoms with Crippen LogP contribution in [0.15, 0.2) is 28.7 Å². The molecule has 0 radical (unpaired) electrons. The lowest BCUT2D eigenvalue weighted by Gasteiger charge is -2.22. The Balaban J connectivity index is 2.53. The zero-order valence-corrected chi connectivity index (χ0v) is 15.4. The summed E-state index contributed by atoms with van der Waals surface area (Å²) in [6.45, 7) is 1.56. The van der Waals surface area contributed by atoms with Crippen molar-refractivity contribution >= 4 is 31.9 Å². The number of hydrogen-bond donors (Lipinski definition) is 1. The first-order valence-corrected chi connectivity index (χ1v) is 9.48. The fourth-order valence-electron chi connectivity index (χ4n) is 1.78. The van der Waals surface area contributed by atoms with Crippen molar-refractivity contribution in [2.45, 2.75) is 0 Å². The van der Waals surface area contributed by atoms with E-state index in [0.717, 1.165) is 4.47 Å². The van der Waals surface area contributed by atoms with Crippen LogP contribution >= 0.6 is 15.9 Å². The molecule has 0 fully saturated rings. The minimum atomic E-state index is -3.28. The largest absolute Gasteiger partial charge is 0.351 e. The molecule has 0 atom stereocenters. The lowest BCUT2D eigenvalue weighted by molar-refractivity contribution is 0.0951. The van der Waals surface area contributed by atoms with E-state index in [1.807, 2.05) is 25.1 Å². The maximum atomic E-state index is 12.0. The molecular weight excluding hydrogens is 370 g/mol. The van der Waals surface area contributed by atoms with E-state index < -0.39 is 10.0 Å². The van der Waals surface area contributed by atoms with Gasteiger partial charge in [0.15, 0.2) is 0 Å². The van der Waals surface area contributed by atoms with Gasteiger partial charge in [-0.25, -0.2) is 8.42 Å². The van der Waals surface area contributed by atoms with Crippen LogP contribution in [0.25, 0.3) is 0 Å². The monoisotopic (exact) mass is 391 g/mol. The first kappa shape index (κ1) is 19.1. The van der Waals surface area contributed by atoms with Gasteiger partial charge < -0.3 is 10.2 Å². The molecule has 0 saturated carbocycles. The third-order valence-corrected chi connectivity index (χ3v) is 4.80. The lowest BCUT2D eigenvalue weighted by atomic mass is 10.2. The average molecular weight is 392 g/mol. The Morgan fingerprint density at radius 1 is 1.23 bits per heavy atom. The summed E-state index contributed by atoms with van der Waals surface area (Å²) in [5.74, 6) is -0.220. The zero-order chi connectivity index (χ0) is 16.8. The number of carbonyl (C=O) groups is 1. The molecule has 0 aliphatic heterocycles. The van der Waals surface area contributed by atoms with Gasteiger partial charge in [0.2, 0.25) is 10.0 Å². The summed E-state index contributed by atoms with van der Waals surface area (Å²) in [4.78, 5) is 13.9. The molecule has 1 aromatic rings. The molecule has 0 unspecified atom stereocenters. The number of nitrogens with one attached hydrogen (secondary N) is 1. The van der Waals surface area contributed by atoms with Crippen molar-refractivity contribution in [2.75, 3.05) is 46.5 Å². The molecule has 0 aliphatic rings. The Morgan fingerprint density at radius 3 is 2.45 bits per heavy atom. The molecule has 6 nitrogen and oxygen atoms in total. The molecule has 1 rings (SSSR count). The van der Waals surface area contributed by atoms with Gasteiger partial charge in [-0.2, -0.15) is 4.31 Å². The normalized spacial score (nSPS) is 11.9. The number of carbonyl (C=O) groups excluding carboxylic acids is 1. The Hall–Kier alpha value is -0.960. The summed E-state index contributed by atoms with van der Waals surface area (Å²) in [6, 6.07) is 7.04. The minimum absolute atomic E-state index is 0.220. The maximum Gasteiger partial charge on any atom is 0.251 e. The van der Waals surface area contributed by atoms with Gasteiger partial charge >= 0.3 is 0 Å². The molecule has 0 bridgehead atoms. The van der Waals surface area contributed by atoms with Crippen LogP contribution in [-0.2, 0) is 10.0 Å². The van der Waals surface area contributed by atoms with Crippen molar-refractivity contribution in [1.82, 2.24) is 14.5 Å². The molecule has 1 aromatic carbocycles. The predicted molar refractivity (Wildman–Crippen MR) is 91.4 cm³/mol. The topological polar surface area (TPSA) is 69.7 Å². The summed E-state index contributed by atoms with van der Waals surface area (Å²) in [5.41, 5.74) is 0.536. The Labute approximate surface area is 140 Å². The number of amides is 1. The fraction of sp³-hybridized carbons (Fsp3) is 0.500. The Morgan fingerprint density at radius 2 is 1.91 bits per heavy atom. The third kappa shape index (κ3) is 6.87. The van der Waals surface area contributed by atoms with E-state index in [4.69, 9.17) is 0 Å². The van der Waals surface area contributed by atoms with Crippen molar-refractivity contribution in [3.05, 3.63) is 34.3 Å². The van der Waals surface area contributed by atoms with E-state index in [-0.39, 0.29) is 19.0 Å². The summed E-state index contributed by atoms with van der Waals surface area (Å²) in [6.07, 6.45) is 1.18. The molecule has 0 saturated heterocycles. The van der Waals surface area contributed by atoms with Gasteiger partial charge in [-0.05, 0) is 32.3 Å². The Bertz CT molecular complexity index is 605. The third-order valence-electron chi connectivity index (χ3n) is 3.00. The summed E-state index contributed by atoms with van der Waals surface area (Å²) >= 11 is 3.31. The molecular formula is C14H22BrN3O3S. The highest BCUT2D eigenvalue weighted by Gasteiger charge is 2.16. The molecule has 8 heteroatoms. The first-order valence-electron chi connectivity index (χ1n) is 6.84. The molecule has 0 heterocycles. The van der Waals surface area contributed by atoms with E-state index >= 15 is 0 Å². The van der Waals surface area contributed by atoms with E-state index in [1.54, 1.807) is 18.2 Å². The molecule has 22 heavy (non-hydrogen) atoms. The van der Waals surface area contributed by atoms with Gasteiger partial charge in [-0.1, -0.05) is 22.0 Å². The highest BCUT2D eigenvalue weighted by atomic mass is 79.9. The van der Waals surface area contributed by atoms with Crippen LogP contribution in [0.5, 0.6) is 0 Å². The molecule has 0 spiro atoms.